The Morgan fingerprint density at radius 1 is 1.27 bits per heavy atom. The number of amides is 1. The minimum absolute atomic E-state index is 0.0644. The number of carbonyl (C=O) groups excluding carboxylic acids is 1. The Labute approximate surface area is 153 Å². The second-order valence-corrected chi connectivity index (χ2v) is 7.01. The second-order valence-electron chi connectivity index (χ2n) is 7.01. The molecule has 5 nitrogen and oxygen atoms in total. The standard InChI is InChI=1S/C21H23N3O2/c1-14-12-15(2)24(23-14)17-7-5-16(6-8-17)9-10-22-21(25)19-13-18(19)20-4-3-11-26-20/h3-8,11-12,18-19H,9-10,13H2,1-2H3,(H,22,25)/t18-,19+/m0/s1. The minimum Gasteiger partial charge on any atom is -0.469 e. The van der Waals surface area contributed by atoms with Gasteiger partial charge < -0.3 is 9.73 Å². The van der Waals surface area contributed by atoms with Crippen LogP contribution >= 0.6 is 0 Å². The zero-order valence-corrected chi connectivity index (χ0v) is 15.1. The van der Waals surface area contributed by atoms with Crippen molar-refractivity contribution >= 4 is 5.91 Å². The smallest absolute Gasteiger partial charge is 0.223 e. The maximum absolute atomic E-state index is 12.2. The first kappa shape index (κ1) is 16.6. The minimum atomic E-state index is 0.0644. The molecule has 1 aromatic carbocycles. The topological polar surface area (TPSA) is 60.1 Å². The van der Waals surface area contributed by atoms with Gasteiger partial charge in [-0.05, 0) is 62.6 Å². The van der Waals surface area contributed by atoms with Gasteiger partial charge in [0.05, 0.1) is 17.6 Å². The molecule has 0 aliphatic heterocycles. The van der Waals surface area contributed by atoms with Gasteiger partial charge in [0.15, 0.2) is 0 Å². The van der Waals surface area contributed by atoms with Crippen molar-refractivity contribution in [3.63, 3.8) is 0 Å². The van der Waals surface area contributed by atoms with E-state index in [0.717, 1.165) is 35.7 Å². The van der Waals surface area contributed by atoms with E-state index in [1.54, 1.807) is 6.26 Å². The SMILES string of the molecule is Cc1cc(C)n(-c2ccc(CCNC(=O)[C@@H]3C[C@@H]3c3ccco3)cc2)n1. The molecule has 0 saturated heterocycles. The zero-order chi connectivity index (χ0) is 18.1. The van der Waals surface area contributed by atoms with E-state index in [2.05, 4.69) is 47.7 Å². The Morgan fingerprint density at radius 2 is 2.08 bits per heavy atom. The molecule has 0 radical (unpaired) electrons. The fourth-order valence-electron chi connectivity index (χ4n) is 3.46. The fraction of sp³-hybridized carbons (Fsp3) is 0.333. The van der Waals surface area contributed by atoms with Crippen LogP contribution < -0.4 is 5.32 Å². The number of aryl methyl sites for hydroxylation is 2. The third kappa shape index (κ3) is 3.43. The summed E-state index contributed by atoms with van der Waals surface area (Å²) in [5.41, 5.74) is 4.40. The monoisotopic (exact) mass is 349 g/mol. The molecular weight excluding hydrogens is 326 g/mol. The van der Waals surface area contributed by atoms with Crippen LogP contribution in [-0.2, 0) is 11.2 Å². The number of benzene rings is 1. The van der Waals surface area contributed by atoms with Crippen molar-refractivity contribution in [2.45, 2.75) is 32.6 Å². The lowest BCUT2D eigenvalue weighted by atomic mass is 10.1. The molecule has 5 heteroatoms. The fourth-order valence-corrected chi connectivity index (χ4v) is 3.46. The molecule has 2 aromatic heterocycles. The molecule has 1 aliphatic carbocycles. The van der Waals surface area contributed by atoms with E-state index >= 15 is 0 Å². The maximum atomic E-state index is 12.2. The van der Waals surface area contributed by atoms with E-state index in [9.17, 15) is 4.79 Å². The number of furan rings is 1. The first-order valence-corrected chi connectivity index (χ1v) is 9.05. The van der Waals surface area contributed by atoms with Gasteiger partial charge in [-0.15, -0.1) is 0 Å². The van der Waals surface area contributed by atoms with Gasteiger partial charge in [-0.1, -0.05) is 12.1 Å². The normalized spacial score (nSPS) is 18.7. The van der Waals surface area contributed by atoms with Gasteiger partial charge in [-0.25, -0.2) is 4.68 Å². The van der Waals surface area contributed by atoms with E-state index in [1.807, 2.05) is 23.7 Å². The molecule has 2 atom stereocenters. The largest absolute Gasteiger partial charge is 0.469 e. The Balaban J connectivity index is 1.27. The lowest BCUT2D eigenvalue weighted by molar-refractivity contribution is -0.122. The summed E-state index contributed by atoms with van der Waals surface area (Å²) in [6.45, 7) is 4.70. The first-order valence-electron chi connectivity index (χ1n) is 9.05. The molecule has 1 N–H and O–H groups in total. The predicted octanol–water partition coefficient (Wildman–Crippen LogP) is 3.54. The number of carbonyl (C=O) groups is 1. The van der Waals surface area contributed by atoms with E-state index in [1.165, 1.54) is 5.56 Å². The predicted molar refractivity (Wildman–Crippen MR) is 99.3 cm³/mol. The Bertz CT molecular complexity index is 894. The highest BCUT2D eigenvalue weighted by Crippen LogP contribution is 2.47. The molecule has 3 aromatic rings. The number of nitrogens with one attached hydrogen (secondary N) is 1. The zero-order valence-electron chi connectivity index (χ0n) is 15.1. The van der Waals surface area contributed by atoms with Gasteiger partial charge in [-0.2, -0.15) is 5.10 Å². The van der Waals surface area contributed by atoms with Crippen LogP contribution in [0.5, 0.6) is 0 Å². The molecule has 1 fully saturated rings. The Hall–Kier alpha value is -2.82. The first-order chi connectivity index (χ1) is 12.6. The summed E-state index contributed by atoms with van der Waals surface area (Å²) in [6.07, 6.45) is 3.37. The molecule has 1 aliphatic rings. The van der Waals surface area contributed by atoms with E-state index in [0.29, 0.717) is 6.54 Å². The number of hydrogen-bond donors (Lipinski definition) is 1. The molecule has 2 heterocycles. The van der Waals surface area contributed by atoms with Gasteiger partial charge in [0.2, 0.25) is 5.91 Å². The third-order valence-corrected chi connectivity index (χ3v) is 4.94. The summed E-state index contributed by atoms with van der Waals surface area (Å²) in [5, 5.41) is 7.55. The van der Waals surface area contributed by atoms with Gasteiger partial charge in [0.25, 0.3) is 0 Å². The summed E-state index contributed by atoms with van der Waals surface area (Å²) >= 11 is 0. The molecule has 1 saturated carbocycles. The quantitative estimate of drug-likeness (QED) is 0.740. The summed E-state index contributed by atoms with van der Waals surface area (Å²) < 4.78 is 7.33. The third-order valence-electron chi connectivity index (χ3n) is 4.94. The van der Waals surface area contributed by atoms with Crippen LogP contribution in [0, 0.1) is 19.8 Å². The molecule has 0 bridgehead atoms. The summed E-state index contributed by atoms with van der Waals surface area (Å²) in [4.78, 5) is 12.2. The summed E-state index contributed by atoms with van der Waals surface area (Å²) in [5.74, 6) is 1.37. The van der Waals surface area contributed by atoms with Crippen molar-refractivity contribution in [1.29, 1.82) is 0 Å². The highest BCUT2D eigenvalue weighted by atomic mass is 16.3. The number of nitrogens with zero attached hydrogens (tertiary/aromatic N) is 2. The van der Waals surface area contributed by atoms with Gasteiger partial charge in [-0.3, -0.25) is 4.79 Å². The molecule has 0 unspecified atom stereocenters. The van der Waals surface area contributed by atoms with E-state index < -0.39 is 0 Å². The van der Waals surface area contributed by atoms with Crippen LogP contribution in [0.25, 0.3) is 5.69 Å². The lowest BCUT2D eigenvalue weighted by Crippen LogP contribution is -2.27. The second kappa shape index (κ2) is 6.83. The number of rotatable bonds is 6. The van der Waals surface area contributed by atoms with Crippen LogP contribution in [0.15, 0.2) is 53.1 Å². The average Bonchev–Trinajstić information content (AvgIpc) is 3.09. The van der Waals surface area contributed by atoms with Crippen molar-refractivity contribution in [2.24, 2.45) is 5.92 Å². The molecular formula is C21H23N3O2. The van der Waals surface area contributed by atoms with E-state index in [4.69, 9.17) is 4.42 Å². The average molecular weight is 349 g/mol. The van der Waals surface area contributed by atoms with Gasteiger partial charge in [0, 0.05) is 24.1 Å². The van der Waals surface area contributed by atoms with Crippen LogP contribution in [0.4, 0.5) is 0 Å². The highest BCUT2D eigenvalue weighted by molar-refractivity contribution is 5.82. The molecule has 0 spiro atoms. The van der Waals surface area contributed by atoms with E-state index in [-0.39, 0.29) is 17.7 Å². The highest BCUT2D eigenvalue weighted by Gasteiger charge is 2.45. The summed E-state index contributed by atoms with van der Waals surface area (Å²) in [6, 6.07) is 14.2. The number of aromatic nitrogens is 2. The molecule has 4 rings (SSSR count). The van der Waals surface area contributed by atoms with Crippen LogP contribution in [-0.4, -0.2) is 22.2 Å². The Morgan fingerprint density at radius 3 is 2.73 bits per heavy atom. The van der Waals surface area contributed by atoms with Crippen molar-refractivity contribution < 1.29 is 9.21 Å². The van der Waals surface area contributed by atoms with Crippen LogP contribution in [0.3, 0.4) is 0 Å². The van der Waals surface area contributed by atoms with Crippen molar-refractivity contribution in [1.82, 2.24) is 15.1 Å². The maximum Gasteiger partial charge on any atom is 0.223 e. The summed E-state index contributed by atoms with van der Waals surface area (Å²) in [7, 11) is 0. The van der Waals surface area contributed by atoms with Crippen LogP contribution in [0.1, 0.15) is 35.1 Å². The van der Waals surface area contributed by atoms with Crippen molar-refractivity contribution in [3.8, 4) is 5.69 Å². The number of hydrogen-bond acceptors (Lipinski definition) is 3. The van der Waals surface area contributed by atoms with Crippen molar-refractivity contribution in [3.05, 3.63) is 71.4 Å². The Kier molecular flexibility index (Phi) is 4.37. The molecule has 134 valence electrons. The van der Waals surface area contributed by atoms with Gasteiger partial charge >= 0.3 is 0 Å². The van der Waals surface area contributed by atoms with Crippen LogP contribution in [0.2, 0.25) is 0 Å². The molecule has 26 heavy (non-hydrogen) atoms. The van der Waals surface area contributed by atoms with Crippen molar-refractivity contribution in [2.75, 3.05) is 6.54 Å². The lowest BCUT2D eigenvalue weighted by Gasteiger charge is -2.07. The molecule has 1 amide bonds. The van der Waals surface area contributed by atoms with Gasteiger partial charge in [0.1, 0.15) is 5.76 Å².